The Bertz CT molecular complexity index is 463. The van der Waals surface area contributed by atoms with Gasteiger partial charge in [0.15, 0.2) is 0 Å². The topological polar surface area (TPSA) is 18.5 Å². The molecular formula is C17H26BrN3. The van der Waals surface area contributed by atoms with Gasteiger partial charge in [0, 0.05) is 48.9 Å². The molecule has 3 rings (SSSR count). The van der Waals surface area contributed by atoms with Crippen LogP contribution in [0.5, 0.6) is 0 Å². The van der Waals surface area contributed by atoms with Crippen molar-refractivity contribution in [1.82, 2.24) is 10.2 Å². The lowest BCUT2D eigenvalue weighted by atomic mass is 10.1. The number of piperazine rings is 1. The number of hydrogen-bond acceptors (Lipinski definition) is 3. The molecule has 1 aromatic carbocycles. The zero-order valence-corrected chi connectivity index (χ0v) is 14.5. The van der Waals surface area contributed by atoms with Crippen LogP contribution < -0.4 is 10.2 Å². The number of anilines is 1. The number of rotatable bonds is 4. The number of halogens is 1. The molecule has 0 unspecified atom stereocenters. The van der Waals surface area contributed by atoms with Gasteiger partial charge in [-0.05, 0) is 37.6 Å². The molecule has 1 saturated carbocycles. The molecule has 0 bridgehead atoms. The monoisotopic (exact) mass is 351 g/mol. The van der Waals surface area contributed by atoms with Gasteiger partial charge in [-0.25, -0.2) is 0 Å². The molecule has 1 heterocycles. The highest BCUT2D eigenvalue weighted by molar-refractivity contribution is 9.10. The van der Waals surface area contributed by atoms with E-state index in [1.54, 1.807) is 0 Å². The molecule has 0 amide bonds. The Kier molecular flexibility index (Phi) is 5.19. The molecule has 116 valence electrons. The Morgan fingerprint density at radius 1 is 1.14 bits per heavy atom. The second-order valence-electron chi connectivity index (χ2n) is 6.27. The van der Waals surface area contributed by atoms with Crippen LogP contribution in [-0.4, -0.2) is 44.2 Å². The van der Waals surface area contributed by atoms with Crippen LogP contribution in [0.15, 0.2) is 22.7 Å². The van der Waals surface area contributed by atoms with Crippen molar-refractivity contribution < 1.29 is 0 Å². The van der Waals surface area contributed by atoms with E-state index in [9.17, 15) is 0 Å². The maximum atomic E-state index is 3.70. The standard InChI is InChI=1S/C17H26BrN3/c1-19-13-14-6-7-16(12-17(14)18)21-10-8-20(9-11-21)15-4-2-3-5-15/h6-7,12,15,19H,2-5,8-11,13H2,1H3. The van der Waals surface area contributed by atoms with E-state index in [1.807, 2.05) is 7.05 Å². The third-order valence-electron chi connectivity index (χ3n) is 4.92. The zero-order valence-electron chi connectivity index (χ0n) is 12.9. The minimum atomic E-state index is 0.872. The molecule has 2 fully saturated rings. The van der Waals surface area contributed by atoms with Crippen LogP contribution in [0.1, 0.15) is 31.2 Å². The summed E-state index contributed by atoms with van der Waals surface area (Å²) in [6, 6.07) is 7.65. The Hall–Kier alpha value is -0.580. The zero-order chi connectivity index (χ0) is 14.7. The van der Waals surface area contributed by atoms with Gasteiger partial charge in [-0.15, -0.1) is 0 Å². The fourth-order valence-corrected chi connectivity index (χ4v) is 4.19. The lowest BCUT2D eigenvalue weighted by molar-refractivity contribution is 0.187. The van der Waals surface area contributed by atoms with Gasteiger partial charge >= 0.3 is 0 Å². The fourth-order valence-electron chi connectivity index (χ4n) is 3.68. The van der Waals surface area contributed by atoms with Crippen LogP contribution in [0.3, 0.4) is 0 Å². The van der Waals surface area contributed by atoms with E-state index in [-0.39, 0.29) is 0 Å². The molecule has 1 aliphatic carbocycles. The van der Waals surface area contributed by atoms with E-state index >= 15 is 0 Å². The predicted octanol–water partition coefficient (Wildman–Crippen LogP) is 3.23. The molecule has 4 heteroatoms. The molecule has 21 heavy (non-hydrogen) atoms. The normalized spacial score (nSPS) is 21.1. The Balaban J connectivity index is 1.59. The second kappa shape index (κ2) is 7.12. The van der Waals surface area contributed by atoms with Crippen molar-refractivity contribution in [1.29, 1.82) is 0 Å². The van der Waals surface area contributed by atoms with Gasteiger partial charge in [-0.2, -0.15) is 0 Å². The summed E-state index contributed by atoms with van der Waals surface area (Å²) < 4.78 is 1.22. The fraction of sp³-hybridized carbons (Fsp3) is 0.647. The van der Waals surface area contributed by atoms with Gasteiger partial charge in [0.2, 0.25) is 0 Å². The van der Waals surface area contributed by atoms with E-state index in [1.165, 1.54) is 54.5 Å². The summed E-state index contributed by atoms with van der Waals surface area (Å²) in [6.07, 6.45) is 5.71. The van der Waals surface area contributed by atoms with Gasteiger partial charge in [0.1, 0.15) is 0 Å². The first-order valence-electron chi connectivity index (χ1n) is 8.20. The number of nitrogens with one attached hydrogen (secondary N) is 1. The number of nitrogens with zero attached hydrogens (tertiary/aromatic N) is 2. The van der Waals surface area contributed by atoms with Crippen molar-refractivity contribution in [2.45, 2.75) is 38.3 Å². The van der Waals surface area contributed by atoms with Gasteiger partial charge in [-0.3, -0.25) is 4.90 Å². The molecule has 1 saturated heterocycles. The molecule has 2 aliphatic rings. The molecule has 1 N–H and O–H groups in total. The maximum absolute atomic E-state index is 3.70. The molecule has 0 aromatic heterocycles. The minimum Gasteiger partial charge on any atom is -0.369 e. The van der Waals surface area contributed by atoms with Crippen molar-refractivity contribution in [2.24, 2.45) is 0 Å². The quantitative estimate of drug-likeness (QED) is 0.898. The molecule has 3 nitrogen and oxygen atoms in total. The van der Waals surface area contributed by atoms with Gasteiger partial charge < -0.3 is 10.2 Å². The van der Waals surface area contributed by atoms with Crippen LogP contribution in [0.4, 0.5) is 5.69 Å². The van der Waals surface area contributed by atoms with E-state index in [2.05, 4.69) is 49.2 Å². The predicted molar refractivity (Wildman–Crippen MR) is 92.9 cm³/mol. The molecule has 0 atom stereocenters. The summed E-state index contributed by atoms with van der Waals surface area (Å²) >= 11 is 3.70. The first-order valence-corrected chi connectivity index (χ1v) is 8.99. The van der Waals surface area contributed by atoms with Crippen molar-refractivity contribution in [3.63, 3.8) is 0 Å². The summed E-state index contributed by atoms with van der Waals surface area (Å²) in [6.45, 7) is 5.68. The third-order valence-corrected chi connectivity index (χ3v) is 5.66. The highest BCUT2D eigenvalue weighted by atomic mass is 79.9. The van der Waals surface area contributed by atoms with Gasteiger partial charge in [0.05, 0.1) is 0 Å². The van der Waals surface area contributed by atoms with Crippen LogP contribution >= 0.6 is 15.9 Å². The number of hydrogen-bond donors (Lipinski definition) is 1. The van der Waals surface area contributed by atoms with Crippen molar-refractivity contribution in [2.75, 3.05) is 38.1 Å². The van der Waals surface area contributed by atoms with E-state index in [0.29, 0.717) is 0 Å². The summed E-state index contributed by atoms with van der Waals surface area (Å²) in [4.78, 5) is 5.24. The lowest BCUT2D eigenvalue weighted by Gasteiger charge is -2.39. The molecule has 1 aromatic rings. The molecular weight excluding hydrogens is 326 g/mol. The molecule has 1 aliphatic heterocycles. The highest BCUT2D eigenvalue weighted by Gasteiger charge is 2.26. The summed E-state index contributed by atoms with van der Waals surface area (Å²) in [5.74, 6) is 0. The van der Waals surface area contributed by atoms with Gasteiger partial charge in [0.25, 0.3) is 0 Å². The van der Waals surface area contributed by atoms with Crippen LogP contribution in [-0.2, 0) is 6.54 Å². The number of benzene rings is 1. The van der Waals surface area contributed by atoms with Crippen molar-refractivity contribution in [3.8, 4) is 0 Å². The summed E-state index contributed by atoms with van der Waals surface area (Å²) in [7, 11) is 1.99. The second-order valence-corrected chi connectivity index (χ2v) is 7.12. The van der Waals surface area contributed by atoms with Crippen molar-refractivity contribution in [3.05, 3.63) is 28.2 Å². The SMILES string of the molecule is CNCc1ccc(N2CCN(C3CCCC3)CC2)cc1Br. The van der Waals surface area contributed by atoms with Crippen LogP contribution in [0.25, 0.3) is 0 Å². The summed E-state index contributed by atoms with van der Waals surface area (Å²) in [5, 5.41) is 3.21. The maximum Gasteiger partial charge on any atom is 0.0378 e. The first kappa shape index (κ1) is 15.3. The van der Waals surface area contributed by atoms with Crippen LogP contribution in [0.2, 0.25) is 0 Å². The largest absolute Gasteiger partial charge is 0.369 e. The lowest BCUT2D eigenvalue weighted by Crippen LogP contribution is -2.49. The van der Waals surface area contributed by atoms with Crippen LogP contribution in [0, 0.1) is 0 Å². The summed E-state index contributed by atoms with van der Waals surface area (Å²) in [5.41, 5.74) is 2.68. The van der Waals surface area contributed by atoms with E-state index in [4.69, 9.17) is 0 Å². The Morgan fingerprint density at radius 2 is 1.86 bits per heavy atom. The Labute approximate surface area is 136 Å². The van der Waals surface area contributed by atoms with E-state index in [0.717, 1.165) is 25.7 Å². The van der Waals surface area contributed by atoms with Gasteiger partial charge in [-0.1, -0.05) is 34.8 Å². The average molecular weight is 352 g/mol. The average Bonchev–Trinajstić information content (AvgIpc) is 3.04. The first-order chi connectivity index (χ1) is 10.3. The minimum absolute atomic E-state index is 0.872. The van der Waals surface area contributed by atoms with Crippen molar-refractivity contribution >= 4 is 21.6 Å². The molecule has 0 radical (unpaired) electrons. The van der Waals surface area contributed by atoms with E-state index < -0.39 is 0 Å². The Morgan fingerprint density at radius 3 is 2.48 bits per heavy atom. The highest BCUT2D eigenvalue weighted by Crippen LogP contribution is 2.28. The smallest absolute Gasteiger partial charge is 0.0378 e. The third kappa shape index (κ3) is 3.61. The molecule has 0 spiro atoms.